The van der Waals surface area contributed by atoms with Gasteiger partial charge in [-0.05, 0) is 19.3 Å². The van der Waals surface area contributed by atoms with Crippen molar-refractivity contribution >= 4 is 5.78 Å². The van der Waals surface area contributed by atoms with Gasteiger partial charge in [0.2, 0.25) is 0 Å². The van der Waals surface area contributed by atoms with Crippen LogP contribution in [0.4, 0.5) is 4.39 Å². The zero-order valence-corrected chi connectivity index (χ0v) is 8.02. The van der Waals surface area contributed by atoms with Crippen LogP contribution in [0.1, 0.15) is 44.9 Å². The van der Waals surface area contributed by atoms with E-state index in [1.807, 2.05) is 0 Å². The van der Waals surface area contributed by atoms with E-state index in [0.717, 1.165) is 25.7 Å². The van der Waals surface area contributed by atoms with Crippen molar-refractivity contribution in [3.05, 3.63) is 12.7 Å². The van der Waals surface area contributed by atoms with E-state index in [9.17, 15) is 9.18 Å². The number of halogens is 1. The second-order valence-electron chi connectivity index (χ2n) is 3.80. The molecule has 0 radical (unpaired) electrons. The van der Waals surface area contributed by atoms with Crippen molar-refractivity contribution in [3.8, 4) is 0 Å². The maximum Gasteiger partial charge on any atom is 0.172 e. The molecule has 0 amide bonds. The molecule has 1 saturated carbocycles. The van der Waals surface area contributed by atoms with Gasteiger partial charge in [-0.3, -0.25) is 4.79 Å². The minimum absolute atomic E-state index is 0.186. The highest BCUT2D eigenvalue weighted by Crippen LogP contribution is 2.30. The molecule has 1 nitrogen and oxygen atoms in total. The molecule has 0 aliphatic heterocycles. The second-order valence-corrected chi connectivity index (χ2v) is 3.80. The third kappa shape index (κ3) is 2.64. The van der Waals surface area contributed by atoms with Crippen LogP contribution in [0.3, 0.4) is 0 Å². The average molecular weight is 184 g/mol. The summed E-state index contributed by atoms with van der Waals surface area (Å²) in [5.41, 5.74) is -1.60. The SMILES string of the molecule is C=CC[C@@]1(F)CCCCCCC1=O. The first-order valence-corrected chi connectivity index (χ1v) is 5.02. The third-order valence-corrected chi connectivity index (χ3v) is 2.69. The van der Waals surface area contributed by atoms with E-state index in [4.69, 9.17) is 0 Å². The lowest BCUT2D eigenvalue weighted by atomic mass is 9.85. The Morgan fingerprint density at radius 1 is 1.38 bits per heavy atom. The number of hydrogen-bond acceptors (Lipinski definition) is 1. The highest BCUT2D eigenvalue weighted by atomic mass is 19.1. The van der Waals surface area contributed by atoms with Gasteiger partial charge in [-0.2, -0.15) is 0 Å². The molecule has 2 heteroatoms. The number of allylic oxidation sites excluding steroid dienone is 1. The van der Waals surface area contributed by atoms with E-state index >= 15 is 0 Å². The summed E-state index contributed by atoms with van der Waals surface area (Å²) in [6.07, 6.45) is 6.29. The molecule has 0 spiro atoms. The van der Waals surface area contributed by atoms with Gasteiger partial charge in [0.25, 0.3) is 0 Å². The zero-order chi connectivity index (χ0) is 9.73. The summed E-state index contributed by atoms with van der Waals surface area (Å²) in [5.74, 6) is -0.216. The Morgan fingerprint density at radius 3 is 2.77 bits per heavy atom. The van der Waals surface area contributed by atoms with Gasteiger partial charge in [0, 0.05) is 12.8 Å². The van der Waals surface area contributed by atoms with Crippen molar-refractivity contribution in [1.82, 2.24) is 0 Å². The quantitative estimate of drug-likeness (QED) is 0.602. The van der Waals surface area contributed by atoms with Crippen LogP contribution in [-0.2, 0) is 4.79 Å². The Bertz CT molecular complexity index is 200. The van der Waals surface area contributed by atoms with Gasteiger partial charge in [0.05, 0.1) is 0 Å². The predicted octanol–water partition coefficient (Wildman–Crippen LogP) is 3.19. The van der Waals surface area contributed by atoms with Crippen LogP contribution >= 0.6 is 0 Å². The van der Waals surface area contributed by atoms with E-state index in [2.05, 4.69) is 6.58 Å². The van der Waals surface area contributed by atoms with Crippen molar-refractivity contribution in [2.75, 3.05) is 0 Å². The van der Waals surface area contributed by atoms with Gasteiger partial charge >= 0.3 is 0 Å². The lowest BCUT2D eigenvalue weighted by molar-refractivity contribution is -0.131. The van der Waals surface area contributed by atoms with Crippen LogP contribution in [0.25, 0.3) is 0 Å². The number of carbonyl (C=O) groups excluding carboxylic acids is 1. The lowest BCUT2D eigenvalue weighted by Gasteiger charge is -2.24. The summed E-state index contributed by atoms with van der Waals surface area (Å²) >= 11 is 0. The average Bonchev–Trinajstić information content (AvgIpc) is 2.09. The molecule has 0 unspecified atom stereocenters. The monoisotopic (exact) mass is 184 g/mol. The molecule has 1 fully saturated rings. The fourth-order valence-electron chi connectivity index (χ4n) is 1.85. The molecular weight excluding hydrogens is 167 g/mol. The first-order valence-electron chi connectivity index (χ1n) is 5.02. The minimum atomic E-state index is -1.60. The number of rotatable bonds is 2. The summed E-state index contributed by atoms with van der Waals surface area (Å²) in [6.45, 7) is 3.50. The molecular formula is C11H17FO. The van der Waals surface area contributed by atoms with Crippen LogP contribution in [0.15, 0.2) is 12.7 Å². The predicted molar refractivity (Wildman–Crippen MR) is 51.4 cm³/mol. The van der Waals surface area contributed by atoms with E-state index < -0.39 is 5.67 Å². The Labute approximate surface area is 79.0 Å². The Balaban J connectivity index is 2.64. The van der Waals surface area contributed by atoms with Gasteiger partial charge < -0.3 is 0 Å². The van der Waals surface area contributed by atoms with Crippen LogP contribution < -0.4 is 0 Å². The first-order chi connectivity index (χ1) is 6.19. The smallest absolute Gasteiger partial charge is 0.172 e. The van der Waals surface area contributed by atoms with Crippen LogP contribution in [-0.4, -0.2) is 11.5 Å². The van der Waals surface area contributed by atoms with Gasteiger partial charge in [-0.25, -0.2) is 4.39 Å². The summed E-state index contributed by atoms with van der Waals surface area (Å²) in [5, 5.41) is 0. The molecule has 0 aromatic heterocycles. The second kappa shape index (κ2) is 4.54. The van der Waals surface area contributed by atoms with Gasteiger partial charge in [-0.1, -0.05) is 18.9 Å². The highest BCUT2D eigenvalue weighted by Gasteiger charge is 2.36. The Morgan fingerprint density at radius 2 is 2.08 bits per heavy atom. The standard InChI is InChI=1S/C11H17FO/c1-2-8-11(12)9-6-4-3-5-7-10(11)13/h2H,1,3-9H2/t11-/m1/s1. The largest absolute Gasteiger partial charge is 0.296 e. The lowest BCUT2D eigenvalue weighted by Crippen LogP contribution is -2.34. The number of alkyl halides is 1. The third-order valence-electron chi connectivity index (χ3n) is 2.69. The van der Waals surface area contributed by atoms with Crippen LogP contribution in [0, 0.1) is 0 Å². The summed E-state index contributed by atoms with van der Waals surface area (Å²) in [7, 11) is 0. The van der Waals surface area contributed by atoms with Crippen molar-refractivity contribution < 1.29 is 9.18 Å². The molecule has 1 aliphatic carbocycles. The van der Waals surface area contributed by atoms with Crippen LogP contribution in [0.5, 0.6) is 0 Å². The number of hydrogen-bond donors (Lipinski definition) is 0. The number of Topliss-reactive ketones (excluding diaryl/α,β-unsaturated/α-hetero) is 1. The van der Waals surface area contributed by atoms with Gasteiger partial charge in [0.1, 0.15) is 0 Å². The zero-order valence-electron chi connectivity index (χ0n) is 8.02. The molecule has 0 saturated heterocycles. The summed E-state index contributed by atoms with van der Waals surface area (Å²) < 4.78 is 14.0. The van der Waals surface area contributed by atoms with E-state index in [0.29, 0.717) is 12.8 Å². The number of ketones is 1. The Hall–Kier alpha value is -0.660. The topological polar surface area (TPSA) is 17.1 Å². The van der Waals surface area contributed by atoms with Crippen molar-refractivity contribution in [2.24, 2.45) is 0 Å². The summed E-state index contributed by atoms with van der Waals surface area (Å²) in [4.78, 5) is 11.5. The molecule has 74 valence electrons. The van der Waals surface area contributed by atoms with E-state index in [-0.39, 0.29) is 12.2 Å². The molecule has 13 heavy (non-hydrogen) atoms. The van der Waals surface area contributed by atoms with Gasteiger partial charge in [-0.15, -0.1) is 6.58 Å². The van der Waals surface area contributed by atoms with E-state index in [1.165, 1.54) is 6.08 Å². The first kappa shape index (κ1) is 10.4. The normalized spacial score (nSPS) is 30.7. The van der Waals surface area contributed by atoms with Crippen molar-refractivity contribution in [1.29, 1.82) is 0 Å². The maximum atomic E-state index is 14.0. The van der Waals surface area contributed by atoms with E-state index in [1.54, 1.807) is 0 Å². The van der Waals surface area contributed by atoms with Crippen molar-refractivity contribution in [2.45, 2.75) is 50.6 Å². The molecule has 1 rings (SSSR count). The summed E-state index contributed by atoms with van der Waals surface area (Å²) in [6, 6.07) is 0. The molecule has 0 aromatic carbocycles. The molecule has 0 bridgehead atoms. The van der Waals surface area contributed by atoms with Crippen molar-refractivity contribution in [3.63, 3.8) is 0 Å². The molecule has 0 heterocycles. The Kier molecular flexibility index (Phi) is 3.64. The molecule has 1 atom stereocenters. The number of carbonyl (C=O) groups is 1. The molecule has 0 N–H and O–H groups in total. The fraction of sp³-hybridized carbons (Fsp3) is 0.727. The molecule has 1 aliphatic rings. The van der Waals surface area contributed by atoms with Gasteiger partial charge in [0.15, 0.2) is 11.5 Å². The van der Waals surface area contributed by atoms with Crippen LogP contribution in [0.2, 0.25) is 0 Å². The highest BCUT2D eigenvalue weighted by molar-refractivity contribution is 5.87. The maximum absolute atomic E-state index is 14.0. The molecule has 0 aromatic rings. The fourth-order valence-corrected chi connectivity index (χ4v) is 1.85. The minimum Gasteiger partial charge on any atom is -0.296 e.